The van der Waals surface area contributed by atoms with Crippen LogP contribution in [0.3, 0.4) is 0 Å². The molecule has 4 nitrogen and oxygen atoms in total. The second kappa shape index (κ2) is 9.62. The summed E-state index contributed by atoms with van der Waals surface area (Å²) in [5.41, 5.74) is 3.55. The Labute approximate surface area is 194 Å². The fourth-order valence-electron chi connectivity index (χ4n) is 3.95. The number of aromatic nitrogens is 1. The van der Waals surface area contributed by atoms with Gasteiger partial charge in [0.1, 0.15) is 11.5 Å². The van der Waals surface area contributed by atoms with E-state index in [0.717, 1.165) is 18.4 Å². The van der Waals surface area contributed by atoms with Gasteiger partial charge in [0.15, 0.2) is 5.76 Å². The first-order valence-corrected chi connectivity index (χ1v) is 11.5. The van der Waals surface area contributed by atoms with Crippen LogP contribution in [-0.4, -0.2) is 11.1 Å². The molecule has 0 aliphatic heterocycles. The van der Waals surface area contributed by atoms with Crippen molar-refractivity contribution in [3.05, 3.63) is 76.8 Å². The van der Waals surface area contributed by atoms with Crippen LogP contribution in [-0.2, 0) is 12.0 Å². The lowest BCUT2D eigenvalue weighted by atomic mass is 9.86. The van der Waals surface area contributed by atoms with Crippen molar-refractivity contribution in [2.75, 3.05) is 0 Å². The van der Waals surface area contributed by atoms with E-state index >= 15 is 0 Å². The van der Waals surface area contributed by atoms with Gasteiger partial charge < -0.3 is 9.84 Å². The molecule has 0 saturated heterocycles. The van der Waals surface area contributed by atoms with Crippen molar-refractivity contribution < 1.29 is 13.7 Å². The second-order valence-electron chi connectivity index (χ2n) is 9.63. The van der Waals surface area contributed by atoms with E-state index in [1.54, 1.807) is 18.2 Å². The van der Waals surface area contributed by atoms with E-state index in [-0.39, 0.29) is 23.4 Å². The van der Waals surface area contributed by atoms with E-state index in [0.29, 0.717) is 22.9 Å². The molecule has 0 unspecified atom stereocenters. The fraction of sp³-hybridized carbons (Fsp3) is 0.357. The van der Waals surface area contributed by atoms with E-state index in [1.165, 1.54) is 24.5 Å². The molecule has 1 aromatic heterocycles. The highest BCUT2D eigenvalue weighted by molar-refractivity contribution is 5.94. The molecule has 1 saturated carbocycles. The topological polar surface area (TPSA) is 55.1 Å². The lowest BCUT2D eigenvalue weighted by Gasteiger charge is -2.18. The van der Waals surface area contributed by atoms with Crippen LogP contribution in [0.25, 0.3) is 11.3 Å². The van der Waals surface area contributed by atoms with Gasteiger partial charge in [-0.25, -0.2) is 4.39 Å². The van der Waals surface area contributed by atoms with E-state index in [4.69, 9.17) is 4.52 Å². The zero-order valence-corrected chi connectivity index (χ0v) is 19.4. The fourth-order valence-corrected chi connectivity index (χ4v) is 3.95. The van der Waals surface area contributed by atoms with Crippen LogP contribution in [0, 0.1) is 23.6 Å². The molecule has 0 radical (unpaired) electrons. The highest BCUT2D eigenvalue weighted by atomic mass is 19.1. The van der Waals surface area contributed by atoms with Gasteiger partial charge in [-0.15, -0.1) is 0 Å². The summed E-state index contributed by atoms with van der Waals surface area (Å²) < 4.78 is 19.8. The van der Waals surface area contributed by atoms with E-state index < -0.39 is 5.82 Å². The summed E-state index contributed by atoms with van der Waals surface area (Å²) in [4.78, 5) is 12.5. The third-order valence-electron chi connectivity index (χ3n) is 6.03. The summed E-state index contributed by atoms with van der Waals surface area (Å²) in [6, 6.07) is 14.4. The number of hydrogen-bond acceptors (Lipinski definition) is 3. The number of nitrogens with one attached hydrogen (secondary N) is 1. The third kappa shape index (κ3) is 5.70. The van der Waals surface area contributed by atoms with Crippen LogP contribution in [0.15, 0.2) is 53.1 Å². The van der Waals surface area contributed by atoms with Crippen molar-refractivity contribution in [2.24, 2.45) is 5.92 Å². The molecule has 1 aliphatic carbocycles. The predicted molar refractivity (Wildman–Crippen MR) is 127 cm³/mol. The van der Waals surface area contributed by atoms with Crippen molar-refractivity contribution in [3.8, 4) is 23.1 Å². The smallest absolute Gasteiger partial charge is 0.251 e. The Morgan fingerprint density at radius 3 is 2.52 bits per heavy atom. The molecule has 1 heterocycles. The summed E-state index contributed by atoms with van der Waals surface area (Å²) in [5.74, 6) is 6.11. The molecule has 1 fully saturated rings. The molecule has 1 N–H and O–H groups in total. The molecule has 5 heteroatoms. The first-order valence-electron chi connectivity index (χ1n) is 11.5. The SMILES string of the molecule is CC(C)(C)c1ccc(-c2cc(CNC(=O)c3ccc(C#CC4CCCC4)c(F)c3)on2)cc1. The summed E-state index contributed by atoms with van der Waals surface area (Å²) in [6.45, 7) is 6.67. The third-order valence-corrected chi connectivity index (χ3v) is 6.03. The van der Waals surface area contributed by atoms with Crippen molar-refractivity contribution in [2.45, 2.75) is 58.4 Å². The van der Waals surface area contributed by atoms with Crippen LogP contribution in [0.2, 0.25) is 0 Å². The van der Waals surface area contributed by atoms with Crippen LogP contribution in [0.5, 0.6) is 0 Å². The van der Waals surface area contributed by atoms with Crippen LogP contribution < -0.4 is 5.32 Å². The van der Waals surface area contributed by atoms with E-state index in [9.17, 15) is 9.18 Å². The predicted octanol–water partition coefficient (Wildman–Crippen LogP) is 6.25. The van der Waals surface area contributed by atoms with Gasteiger partial charge >= 0.3 is 0 Å². The van der Waals surface area contributed by atoms with Gasteiger partial charge in [0, 0.05) is 23.1 Å². The maximum atomic E-state index is 14.4. The van der Waals surface area contributed by atoms with Gasteiger partial charge in [0.25, 0.3) is 5.91 Å². The van der Waals surface area contributed by atoms with E-state index in [1.807, 2.05) is 12.1 Å². The maximum absolute atomic E-state index is 14.4. The molecule has 33 heavy (non-hydrogen) atoms. The van der Waals surface area contributed by atoms with Crippen LogP contribution in [0.1, 0.15) is 73.7 Å². The van der Waals surface area contributed by atoms with Gasteiger partial charge in [-0.3, -0.25) is 4.79 Å². The number of nitrogens with zero attached hydrogens (tertiary/aromatic N) is 1. The summed E-state index contributed by atoms with van der Waals surface area (Å²) in [7, 11) is 0. The van der Waals surface area contributed by atoms with Gasteiger partial charge in [-0.05, 0) is 42.0 Å². The van der Waals surface area contributed by atoms with Gasteiger partial charge in [0.2, 0.25) is 0 Å². The average molecular weight is 445 g/mol. The lowest BCUT2D eigenvalue weighted by molar-refractivity contribution is 0.0946. The molecular formula is C28H29FN2O2. The Morgan fingerprint density at radius 1 is 1.12 bits per heavy atom. The molecule has 3 aromatic rings. The van der Waals surface area contributed by atoms with Crippen molar-refractivity contribution in [1.29, 1.82) is 0 Å². The molecule has 0 spiro atoms. The molecule has 4 rings (SSSR count). The van der Waals surface area contributed by atoms with Crippen LogP contribution in [0.4, 0.5) is 4.39 Å². The highest BCUT2D eigenvalue weighted by Gasteiger charge is 2.15. The van der Waals surface area contributed by atoms with Gasteiger partial charge in [-0.1, -0.05) is 74.9 Å². The van der Waals surface area contributed by atoms with Gasteiger partial charge in [-0.2, -0.15) is 0 Å². The number of amides is 1. The first-order chi connectivity index (χ1) is 15.8. The highest BCUT2D eigenvalue weighted by Crippen LogP contribution is 2.26. The van der Waals surface area contributed by atoms with Crippen molar-refractivity contribution in [1.82, 2.24) is 10.5 Å². The first kappa shape index (κ1) is 22.8. The second-order valence-corrected chi connectivity index (χ2v) is 9.63. The normalized spacial score (nSPS) is 14.1. The number of carbonyl (C=O) groups excluding carboxylic acids is 1. The Kier molecular flexibility index (Phi) is 6.65. The minimum atomic E-state index is -0.478. The van der Waals surface area contributed by atoms with E-state index in [2.05, 4.69) is 55.2 Å². The quantitative estimate of drug-likeness (QED) is 0.484. The molecule has 0 bridgehead atoms. The van der Waals surface area contributed by atoms with Crippen LogP contribution >= 0.6 is 0 Å². The minimum absolute atomic E-state index is 0.0814. The standard InChI is InChI=1S/C28H29FN2O2/c1-28(2,3)23-14-12-21(13-15-23)26-17-24(33-31-26)18-30-27(32)22-11-10-20(25(29)16-22)9-8-19-6-4-5-7-19/h10-17,19H,4-7,18H2,1-3H3,(H,30,32). The number of benzene rings is 2. The molecule has 0 atom stereocenters. The van der Waals surface area contributed by atoms with Crippen molar-refractivity contribution >= 4 is 5.91 Å². The molecule has 1 aliphatic rings. The largest absolute Gasteiger partial charge is 0.359 e. The number of carbonyl (C=O) groups is 1. The zero-order valence-electron chi connectivity index (χ0n) is 19.4. The minimum Gasteiger partial charge on any atom is -0.359 e. The molecule has 1 amide bonds. The Balaban J connectivity index is 1.36. The molecular weight excluding hydrogens is 415 g/mol. The summed E-state index contributed by atoms with van der Waals surface area (Å²) in [6.07, 6.45) is 4.55. The molecule has 170 valence electrons. The lowest BCUT2D eigenvalue weighted by Crippen LogP contribution is -2.22. The number of halogens is 1. The monoisotopic (exact) mass is 444 g/mol. The number of rotatable bonds is 4. The van der Waals surface area contributed by atoms with Gasteiger partial charge in [0.05, 0.1) is 12.1 Å². The van der Waals surface area contributed by atoms with Crippen molar-refractivity contribution in [3.63, 3.8) is 0 Å². The summed E-state index contributed by atoms with van der Waals surface area (Å²) >= 11 is 0. The Morgan fingerprint density at radius 2 is 1.85 bits per heavy atom. The average Bonchev–Trinajstić information content (AvgIpc) is 3.48. The zero-order chi connectivity index (χ0) is 23.4. The summed E-state index contributed by atoms with van der Waals surface area (Å²) in [5, 5.41) is 6.86. The Bertz CT molecular complexity index is 1190. The molecule has 2 aromatic carbocycles. The number of hydrogen-bond donors (Lipinski definition) is 1. The Hall–Kier alpha value is -3.39. The maximum Gasteiger partial charge on any atom is 0.251 e.